The van der Waals surface area contributed by atoms with Gasteiger partial charge in [0.05, 0.1) is 12.8 Å². The van der Waals surface area contributed by atoms with Crippen LogP contribution in [-0.4, -0.2) is 26.5 Å². The van der Waals surface area contributed by atoms with Crippen molar-refractivity contribution in [3.8, 4) is 0 Å². The van der Waals surface area contributed by atoms with Crippen LogP contribution in [0.1, 0.15) is 6.92 Å². The molecule has 0 saturated heterocycles. The summed E-state index contributed by atoms with van der Waals surface area (Å²) in [6, 6.07) is 0. The van der Waals surface area contributed by atoms with E-state index in [1.807, 2.05) is 6.92 Å². The highest BCUT2D eigenvalue weighted by atomic mass is 16.5. The molecule has 0 heterocycles. The Labute approximate surface area is 44.2 Å². The molecule has 0 unspecified atom stereocenters. The van der Waals surface area contributed by atoms with Crippen LogP contribution in [0, 0.1) is 0 Å². The highest BCUT2D eigenvalue weighted by Gasteiger charge is 1.68. The van der Waals surface area contributed by atoms with E-state index in [2.05, 4.69) is 15.9 Å². The maximum atomic E-state index is 4.64. The third-order valence-corrected chi connectivity index (χ3v) is 0.479. The van der Waals surface area contributed by atoms with Gasteiger partial charge in [0.15, 0.2) is 0 Å². The van der Waals surface area contributed by atoms with E-state index in [1.54, 1.807) is 7.11 Å². The van der Waals surface area contributed by atoms with Gasteiger partial charge < -0.3 is 4.74 Å². The van der Waals surface area contributed by atoms with Crippen LogP contribution in [0.2, 0.25) is 0 Å². The SMILES string of the molecule is CC/N=[C]\COC. The third-order valence-electron chi connectivity index (χ3n) is 0.479. The molecular weight excluding hydrogens is 90.1 g/mol. The monoisotopic (exact) mass is 100 g/mol. The van der Waals surface area contributed by atoms with Gasteiger partial charge in [0.2, 0.25) is 0 Å². The molecule has 0 aliphatic carbocycles. The molecular formula is C5H10NO. The lowest BCUT2D eigenvalue weighted by Gasteiger charge is -1.82. The molecule has 0 aromatic rings. The zero-order chi connectivity index (χ0) is 5.54. The Morgan fingerprint density at radius 3 is 2.86 bits per heavy atom. The molecule has 1 radical (unpaired) electrons. The summed E-state index contributed by atoms with van der Waals surface area (Å²) in [5.41, 5.74) is 0. The Balaban J connectivity index is 2.78. The van der Waals surface area contributed by atoms with E-state index in [0.29, 0.717) is 6.61 Å². The van der Waals surface area contributed by atoms with Crippen LogP contribution in [0.25, 0.3) is 0 Å². The molecule has 0 saturated carbocycles. The lowest BCUT2D eigenvalue weighted by molar-refractivity contribution is 0.248. The molecule has 0 aliphatic rings. The van der Waals surface area contributed by atoms with Crippen molar-refractivity contribution in [2.24, 2.45) is 4.99 Å². The molecule has 0 aromatic heterocycles. The van der Waals surface area contributed by atoms with Gasteiger partial charge in [-0.05, 0) is 6.92 Å². The fourth-order valence-corrected chi connectivity index (χ4v) is 0.222. The van der Waals surface area contributed by atoms with Gasteiger partial charge in [-0.25, -0.2) is 0 Å². The first-order valence-electron chi connectivity index (χ1n) is 2.30. The largest absolute Gasteiger partial charge is 0.378 e. The summed E-state index contributed by atoms with van der Waals surface area (Å²) in [6.45, 7) is 3.26. The van der Waals surface area contributed by atoms with Crippen molar-refractivity contribution in [2.45, 2.75) is 6.92 Å². The molecule has 0 aromatic carbocycles. The zero-order valence-electron chi connectivity index (χ0n) is 4.77. The van der Waals surface area contributed by atoms with Crippen LogP contribution in [0.4, 0.5) is 0 Å². The van der Waals surface area contributed by atoms with Crippen molar-refractivity contribution in [2.75, 3.05) is 20.3 Å². The van der Waals surface area contributed by atoms with Gasteiger partial charge in [0, 0.05) is 13.7 Å². The summed E-state index contributed by atoms with van der Waals surface area (Å²) in [4.78, 5) is 3.79. The highest BCUT2D eigenvalue weighted by molar-refractivity contribution is 5.58. The van der Waals surface area contributed by atoms with E-state index in [0.717, 1.165) is 6.54 Å². The Hall–Kier alpha value is -0.370. The molecule has 0 rings (SSSR count). The number of nitrogens with zero attached hydrogens (tertiary/aromatic N) is 1. The molecule has 0 amide bonds. The van der Waals surface area contributed by atoms with Gasteiger partial charge in [-0.15, -0.1) is 0 Å². The van der Waals surface area contributed by atoms with Gasteiger partial charge in [-0.2, -0.15) is 0 Å². The lowest BCUT2D eigenvalue weighted by Crippen LogP contribution is -1.87. The summed E-state index contributed by atoms with van der Waals surface area (Å²) in [6.07, 6.45) is 2.69. The third kappa shape index (κ3) is 5.63. The minimum absolute atomic E-state index is 0.508. The molecule has 2 nitrogen and oxygen atoms in total. The summed E-state index contributed by atoms with van der Waals surface area (Å²) in [5, 5.41) is 0. The van der Waals surface area contributed by atoms with E-state index in [-0.39, 0.29) is 0 Å². The molecule has 0 aliphatic heterocycles. The van der Waals surface area contributed by atoms with E-state index >= 15 is 0 Å². The number of hydrogen-bond donors (Lipinski definition) is 0. The number of hydrogen-bond acceptors (Lipinski definition) is 2. The number of ether oxygens (including phenoxy) is 1. The Morgan fingerprint density at radius 1 is 1.71 bits per heavy atom. The van der Waals surface area contributed by atoms with Crippen molar-refractivity contribution in [1.29, 1.82) is 0 Å². The summed E-state index contributed by atoms with van der Waals surface area (Å²) in [7, 11) is 1.62. The predicted molar refractivity (Wildman–Crippen MR) is 29.9 cm³/mol. The number of rotatable bonds is 3. The average molecular weight is 100 g/mol. The van der Waals surface area contributed by atoms with Gasteiger partial charge in [0.1, 0.15) is 0 Å². The minimum atomic E-state index is 0.508. The number of aliphatic imine (C=N–C) groups is 1. The topological polar surface area (TPSA) is 21.6 Å². The summed E-state index contributed by atoms with van der Waals surface area (Å²) in [5.74, 6) is 0. The van der Waals surface area contributed by atoms with Crippen LogP contribution in [-0.2, 0) is 4.74 Å². The first kappa shape index (κ1) is 6.63. The molecule has 2 heteroatoms. The van der Waals surface area contributed by atoms with Crippen LogP contribution < -0.4 is 0 Å². The maximum Gasteiger partial charge on any atom is 0.0898 e. The molecule has 0 bridgehead atoms. The van der Waals surface area contributed by atoms with E-state index in [1.165, 1.54) is 0 Å². The first-order valence-corrected chi connectivity index (χ1v) is 2.30. The smallest absolute Gasteiger partial charge is 0.0898 e. The van der Waals surface area contributed by atoms with Crippen LogP contribution >= 0.6 is 0 Å². The average Bonchev–Trinajstić information content (AvgIpc) is 1.69. The zero-order valence-corrected chi connectivity index (χ0v) is 4.77. The summed E-state index contributed by atoms with van der Waals surface area (Å²) >= 11 is 0. The fourth-order valence-electron chi connectivity index (χ4n) is 0.222. The molecule has 41 valence electrons. The molecule has 0 atom stereocenters. The van der Waals surface area contributed by atoms with Crippen molar-refractivity contribution in [1.82, 2.24) is 0 Å². The second-order valence-corrected chi connectivity index (χ2v) is 1.07. The molecule has 0 spiro atoms. The van der Waals surface area contributed by atoms with Crippen LogP contribution in [0.3, 0.4) is 0 Å². The standard InChI is InChI=1S/C5H10NO/c1-3-6-4-5-7-2/h3,5H2,1-2H3. The highest BCUT2D eigenvalue weighted by Crippen LogP contribution is 1.63. The first-order chi connectivity index (χ1) is 3.41. The second kappa shape index (κ2) is 5.63. The predicted octanol–water partition coefficient (Wildman–Crippen LogP) is 0.601. The Kier molecular flexibility index (Phi) is 5.33. The van der Waals surface area contributed by atoms with Crippen molar-refractivity contribution >= 4 is 6.21 Å². The Bertz CT molecular complexity index is 52.0. The molecule has 7 heavy (non-hydrogen) atoms. The Morgan fingerprint density at radius 2 is 2.43 bits per heavy atom. The second-order valence-electron chi connectivity index (χ2n) is 1.07. The van der Waals surface area contributed by atoms with Gasteiger partial charge in [-0.3, -0.25) is 4.99 Å². The molecule has 0 fully saturated rings. The van der Waals surface area contributed by atoms with Crippen molar-refractivity contribution in [3.63, 3.8) is 0 Å². The summed E-state index contributed by atoms with van der Waals surface area (Å²) < 4.78 is 4.64. The van der Waals surface area contributed by atoms with E-state index in [9.17, 15) is 0 Å². The van der Waals surface area contributed by atoms with Crippen molar-refractivity contribution < 1.29 is 4.74 Å². The lowest BCUT2D eigenvalue weighted by atomic mass is 10.7. The van der Waals surface area contributed by atoms with Crippen LogP contribution in [0.15, 0.2) is 4.99 Å². The fraction of sp³-hybridized carbons (Fsp3) is 0.800. The maximum absolute atomic E-state index is 4.64. The van der Waals surface area contributed by atoms with Crippen LogP contribution in [0.5, 0.6) is 0 Å². The van der Waals surface area contributed by atoms with E-state index in [4.69, 9.17) is 0 Å². The quantitative estimate of drug-likeness (QED) is 0.476. The minimum Gasteiger partial charge on any atom is -0.378 e. The van der Waals surface area contributed by atoms with Crippen molar-refractivity contribution in [3.05, 3.63) is 0 Å². The number of methoxy groups -OCH3 is 1. The van der Waals surface area contributed by atoms with Gasteiger partial charge in [0.25, 0.3) is 0 Å². The normalized spacial score (nSPS) is 10.6. The van der Waals surface area contributed by atoms with E-state index < -0.39 is 0 Å². The van der Waals surface area contributed by atoms with Gasteiger partial charge in [-0.1, -0.05) is 0 Å². The van der Waals surface area contributed by atoms with Gasteiger partial charge >= 0.3 is 0 Å². The molecule has 0 N–H and O–H groups in total.